The van der Waals surface area contributed by atoms with Crippen LogP contribution in [0.25, 0.3) is 0 Å². The topological polar surface area (TPSA) is 75.3 Å². The maximum absolute atomic E-state index is 13.6. The Morgan fingerprint density at radius 1 is 1.20 bits per heavy atom. The van der Waals surface area contributed by atoms with Crippen molar-refractivity contribution in [2.75, 3.05) is 11.1 Å². The highest BCUT2D eigenvalue weighted by Gasteiger charge is 2.14. The molecule has 0 atom stereocenters. The van der Waals surface area contributed by atoms with E-state index < -0.39 is 17.5 Å². The van der Waals surface area contributed by atoms with Gasteiger partial charge in [-0.15, -0.1) is 0 Å². The van der Waals surface area contributed by atoms with Crippen LogP contribution < -0.4 is 11.1 Å². The zero-order chi connectivity index (χ0) is 14.9. The van der Waals surface area contributed by atoms with E-state index in [4.69, 9.17) is 5.73 Å². The summed E-state index contributed by atoms with van der Waals surface area (Å²) in [5.74, 6) is -2.28. The van der Waals surface area contributed by atoms with Crippen LogP contribution in [-0.4, -0.2) is 11.0 Å². The number of nitrogens with one attached hydrogen (secondary N) is 1. The van der Waals surface area contributed by atoms with Crippen LogP contribution in [0.3, 0.4) is 0 Å². The third-order valence-electron chi connectivity index (χ3n) is 2.78. The number of phenols is 1. The Kier molecular flexibility index (Phi) is 3.56. The van der Waals surface area contributed by atoms with E-state index >= 15 is 0 Å². The maximum atomic E-state index is 13.6. The quantitative estimate of drug-likeness (QED) is 0.584. The number of nitrogen functional groups attached to an aromatic ring is 1. The number of rotatable bonds is 2. The van der Waals surface area contributed by atoms with Gasteiger partial charge < -0.3 is 16.2 Å². The smallest absolute Gasteiger partial charge is 0.257 e. The first kappa shape index (κ1) is 13.8. The van der Waals surface area contributed by atoms with Crippen molar-refractivity contribution in [3.05, 3.63) is 53.1 Å². The number of aryl methyl sites for hydroxylation is 1. The number of hydrogen-bond acceptors (Lipinski definition) is 3. The molecule has 0 unspecified atom stereocenters. The number of carbonyl (C=O) groups is 1. The van der Waals surface area contributed by atoms with Crippen molar-refractivity contribution in [2.24, 2.45) is 0 Å². The van der Waals surface area contributed by atoms with Gasteiger partial charge in [0.1, 0.15) is 17.4 Å². The molecule has 0 saturated carbocycles. The van der Waals surface area contributed by atoms with Gasteiger partial charge in [0.2, 0.25) is 0 Å². The lowest BCUT2D eigenvalue weighted by molar-refractivity contribution is 0.102. The molecule has 104 valence electrons. The number of benzene rings is 2. The number of halogens is 2. The van der Waals surface area contributed by atoms with Gasteiger partial charge in [0.15, 0.2) is 0 Å². The zero-order valence-electron chi connectivity index (χ0n) is 10.6. The van der Waals surface area contributed by atoms with Gasteiger partial charge in [-0.05, 0) is 36.8 Å². The lowest BCUT2D eigenvalue weighted by Crippen LogP contribution is -2.15. The summed E-state index contributed by atoms with van der Waals surface area (Å²) in [6.07, 6.45) is 0. The van der Waals surface area contributed by atoms with Gasteiger partial charge in [-0.3, -0.25) is 4.79 Å². The molecule has 2 aromatic rings. The molecule has 0 saturated heterocycles. The minimum absolute atomic E-state index is 0.0228. The van der Waals surface area contributed by atoms with E-state index in [0.717, 1.165) is 18.2 Å². The van der Waals surface area contributed by atoms with Crippen molar-refractivity contribution in [1.29, 1.82) is 0 Å². The molecule has 0 fully saturated rings. The first-order valence-electron chi connectivity index (χ1n) is 5.74. The van der Waals surface area contributed by atoms with Crippen LogP contribution in [0.1, 0.15) is 15.9 Å². The van der Waals surface area contributed by atoms with Crippen molar-refractivity contribution < 1.29 is 18.7 Å². The molecule has 2 rings (SSSR count). The fourth-order valence-corrected chi connectivity index (χ4v) is 1.67. The van der Waals surface area contributed by atoms with Crippen LogP contribution in [0.2, 0.25) is 0 Å². The van der Waals surface area contributed by atoms with Crippen molar-refractivity contribution in [3.63, 3.8) is 0 Å². The predicted octanol–water partition coefficient (Wildman–Crippen LogP) is 2.81. The maximum Gasteiger partial charge on any atom is 0.257 e. The Labute approximate surface area is 113 Å². The Balaban J connectivity index is 2.32. The molecule has 2 aromatic carbocycles. The molecule has 0 aliphatic heterocycles. The van der Waals surface area contributed by atoms with E-state index in [9.17, 15) is 18.7 Å². The van der Waals surface area contributed by atoms with Crippen molar-refractivity contribution in [3.8, 4) is 5.75 Å². The summed E-state index contributed by atoms with van der Waals surface area (Å²) >= 11 is 0. The number of hydrogen-bond donors (Lipinski definition) is 3. The highest BCUT2D eigenvalue weighted by atomic mass is 19.1. The summed E-state index contributed by atoms with van der Waals surface area (Å²) in [6, 6.07) is 5.68. The fraction of sp³-hybridized carbons (Fsp3) is 0.0714. The molecule has 0 spiro atoms. The molecule has 4 nitrogen and oxygen atoms in total. The monoisotopic (exact) mass is 278 g/mol. The highest BCUT2D eigenvalue weighted by Crippen LogP contribution is 2.22. The molecule has 0 radical (unpaired) electrons. The number of aromatic hydroxyl groups is 1. The Hall–Kier alpha value is -2.63. The molecule has 6 heteroatoms. The van der Waals surface area contributed by atoms with Gasteiger partial charge in [0, 0.05) is 11.8 Å². The summed E-state index contributed by atoms with van der Waals surface area (Å²) in [5.41, 5.74) is 5.54. The largest absolute Gasteiger partial charge is 0.508 e. The van der Waals surface area contributed by atoms with Gasteiger partial charge in [-0.2, -0.15) is 0 Å². The molecule has 1 amide bonds. The second-order valence-corrected chi connectivity index (χ2v) is 4.31. The summed E-state index contributed by atoms with van der Waals surface area (Å²) in [6.45, 7) is 1.41. The Morgan fingerprint density at radius 2 is 1.90 bits per heavy atom. The summed E-state index contributed by atoms with van der Waals surface area (Å²) in [5, 5.41) is 11.5. The number of carbonyl (C=O) groups excluding carboxylic acids is 1. The van der Waals surface area contributed by atoms with E-state index in [1.54, 1.807) is 0 Å². The lowest BCUT2D eigenvalue weighted by atomic mass is 10.1. The second kappa shape index (κ2) is 5.16. The SMILES string of the molecule is Cc1cc(F)c(NC(=O)c2cc(O)ccc2N)cc1F. The fourth-order valence-electron chi connectivity index (χ4n) is 1.67. The number of anilines is 2. The van der Waals surface area contributed by atoms with Crippen LogP contribution in [0, 0.1) is 18.6 Å². The lowest BCUT2D eigenvalue weighted by Gasteiger charge is -2.09. The van der Waals surface area contributed by atoms with Gasteiger partial charge in [-0.25, -0.2) is 8.78 Å². The van der Waals surface area contributed by atoms with Crippen molar-refractivity contribution >= 4 is 17.3 Å². The van der Waals surface area contributed by atoms with Gasteiger partial charge in [0.05, 0.1) is 11.3 Å². The summed E-state index contributed by atoms with van der Waals surface area (Å²) < 4.78 is 27.0. The molecular weight excluding hydrogens is 266 g/mol. The molecule has 0 heterocycles. The number of amides is 1. The second-order valence-electron chi connectivity index (χ2n) is 4.31. The van der Waals surface area contributed by atoms with Crippen LogP contribution >= 0.6 is 0 Å². The molecule has 20 heavy (non-hydrogen) atoms. The molecule has 4 N–H and O–H groups in total. The van der Waals surface area contributed by atoms with Crippen LogP contribution in [0.15, 0.2) is 30.3 Å². The Bertz CT molecular complexity index is 687. The molecule has 0 aliphatic rings. The third-order valence-corrected chi connectivity index (χ3v) is 2.78. The third kappa shape index (κ3) is 2.69. The van der Waals surface area contributed by atoms with E-state index in [0.29, 0.717) is 0 Å². The van der Waals surface area contributed by atoms with Gasteiger partial charge in [0.25, 0.3) is 5.91 Å². The van der Waals surface area contributed by atoms with Crippen molar-refractivity contribution in [2.45, 2.75) is 6.92 Å². The molecular formula is C14H12F2N2O2. The van der Waals surface area contributed by atoms with Crippen LogP contribution in [0.5, 0.6) is 5.75 Å². The highest BCUT2D eigenvalue weighted by molar-refractivity contribution is 6.08. The average molecular weight is 278 g/mol. The minimum atomic E-state index is -0.754. The minimum Gasteiger partial charge on any atom is -0.508 e. The summed E-state index contributed by atoms with van der Waals surface area (Å²) in [7, 11) is 0. The van der Waals surface area contributed by atoms with Gasteiger partial charge >= 0.3 is 0 Å². The van der Waals surface area contributed by atoms with E-state index in [-0.39, 0.29) is 28.3 Å². The number of nitrogens with two attached hydrogens (primary N) is 1. The standard InChI is InChI=1S/C14H12F2N2O2/c1-7-4-11(16)13(6-10(7)15)18-14(20)9-5-8(19)2-3-12(9)17/h2-6,19H,17H2,1H3,(H,18,20). The molecule has 0 bridgehead atoms. The molecule has 0 aliphatic carbocycles. The van der Waals surface area contributed by atoms with E-state index in [1.807, 2.05) is 0 Å². The first-order valence-corrected chi connectivity index (χ1v) is 5.74. The predicted molar refractivity (Wildman–Crippen MR) is 71.6 cm³/mol. The zero-order valence-corrected chi connectivity index (χ0v) is 10.6. The normalized spacial score (nSPS) is 10.3. The first-order chi connectivity index (χ1) is 9.38. The summed E-state index contributed by atoms with van der Waals surface area (Å²) in [4.78, 5) is 11.9. The van der Waals surface area contributed by atoms with Crippen LogP contribution in [0.4, 0.5) is 20.2 Å². The van der Waals surface area contributed by atoms with E-state index in [1.165, 1.54) is 19.1 Å². The molecule has 0 aromatic heterocycles. The Morgan fingerprint density at radius 3 is 2.60 bits per heavy atom. The van der Waals surface area contributed by atoms with Crippen molar-refractivity contribution in [1.82, 2.24) is 0 Å². The van der Waals surface area contributed by atoms with Gasteiger partial charge in [-0.1, -0.05) is 0 Å². The average Bonchev–Trinajstić information content (AvgIpc) is 2.38. The van der Waals surface area contributed by atoms with E-state index in [2.05, 4.69) is 5.32 Å². The van der Waals surface area contributed by atoms with Crippen LogP contribution in [-0.2, 0) is 0 Å². The number of phenolic OH excluding ortho intramolecular Hbond substituents is 1.